The maximum Gasteiger partial charge on any atom is 0.279 e. The van der Waals surface area contributed by atoms with Crippen molar-refractivity contribution in [3.05, 3.63) is 64.4 Å². The molecule has 4 nitrogen and oxygen atoms in total. The molecule has 1 amide bonds. The zero-order chi connectivity index (χ0) is 13.8. The van der Waals surface area contributed by atoms with Gasteiger partial charge in [-0.3, -0.25) is 4.79 Å². The monoisotopic (exact) mass is 273 g/mol. The number of amides is 1. The van der Waals surface area contributed by atoms with Crippen molar-refractivity contribution < 1.29 is 4.79 Å². The van der Waals surface area contributed by atoms with E-state index in [9.17, 15) is 4.79 Å². The Morgan fingerprint density at radius 3 is 2.74 bits per heavy atom. The minimum atomic E-state index is -0.441. The molecule has 0 aliphatic carbocycles. The summed E-state index contributed by atoms with van der Waals surface area (Å²) in [6, 6.07) is 10.5. The third-order valence-electron chi connectivity index (χ3n) is 2.51. The van der Waals surface area contributed by atoms with E-state index >= 15 is 0 Å². The fourth-order valence-electron chi connectivity index (χ4n) is 1.58. The molecule has 0 aliphatic rings. The van der Waals surface area contributed by atoms with Gasteiger partial charge in [0, 0.05) is 17.3 Å². The van der Waals surface area contributed by atoms with Gasteiger partial charge in [0.25, 0.3) is 5.91 Å². The van der Waals surface area contributed by atoms with E-state index in [1.165, 1.54) is 12.3 Å². The summed E-state index contributed by atoms with van der Waals surface area (Å²) in [6.07, 6.45) is 1.45. The van der Waals surface area contributed by atoms with E-state index in [4.69, 9.17) is 17.3 Å². The van der Waals surface area contributed by atoms with Gasteiger partial charge in [-0.15, -0.1) is 0 Å². The van der Waals surface area contributed by atoms with Gasteiger partial charge in [-0.1, -0.05) is 35.4 Å². The number of carbonyl (C=O) groups is 1. The van der Waals surface area contributed by atoms with E-state index < -0.39 is 5.91 Å². The first-order valence-corrected chi connectivity index (χ1v) is 6.01. The lowest BCUT2D eigenvalue weighted by molar-refractivity contribution is 0.100. The summed E-state index contributed by atoms with van der Waals surface area (Å²) in [5.74, 6) is -0.259. The van der Waals surface area contributed by atoms with Crippen molar-refractivity contribution in [2.75, 3.05) is 0 Å². The van der Waals surface area contributed by atoms with Crippen molar-refractivity contribution in [1.82, 2.24) is 4.98 Å². The molecule has 0 aliphatic heterocycles. The molecular weight excluding hydrogens is 262 g/mol. The zero-order valence-corrected chi connectivity index (χ0v) is 11.1. The normalized spacial score (nSPS) is 11.4. The highest BCUT2D eigenvalue weighted by molar-refractivity contribution is 6.29. The highest BCUT2D eigenvalue weighted by Gasteiger charge is 2.07. The number of nitrogens with zero attached hydrogens (tertiary/aromatic N) is 2. The summed E-state index contributed by atoms with van der Waals surface area (Å²) in [6.45, 7) is 1.95. The molecule has 1 heterocycles. The number of rotatable bonds is 2. The molecule has 2 aromatic rings. The van der Waals surface area contributed by atoms with Gasteiger partial charge >= 0.3 is 0 Å². The number of aliphatic imine (C=N–C) groups is 1. The van der Waals surface area contributed by atoms with Crippen LogP contribution in [0, 0.1) is 6.92 Å². The third kappa shape index (κ3) is 3.39. The van der Waals surface area contributed by atoms with Gasteiger partial charge in [0.15, 0.2) is 0 Å². The average Bonchev–Trinajstić information content (AvgIpc) is 2.38. The highest BCUT2D eigenvalue weighted by Crippen LogP contribution is 2.09. The van der Waals surface area contributed by atoms with Crippen LogP contribution in [-0.4, -0.2) is 16.7 Å². The summed E-state index contributed by atoms with van der Waals surface area (Å²) >= 11 is 5.72. The van der Waals surface area contributed by atoms with Crippen molar-refractivity contribution in [2.45, 2.75) is 6.92 Å². The number of aromatic nitrogens is 1. The Morgan fingerprint density at radius 1 is 1.26 bits per heavy atom. The fourth-order valence-corrected chi connectivity index (χ4v) is 1.75. The Kier molecular flexibility index (Phi) is 3.92. The average molecular weight is 274 g/mol. The van der Waals surface area contributed by atoms with Crippen LogP contribution in [0.4, 0.5) is 0 Å². The van der Waals surface area contributed by atoms with Crippen LogP contribution in [0.2, 0.25) is 5.15 Å². The molecular formula is C14H12ClN3O. The summed E-state index contributed by atoms with van der Waals surface area (Å²) in [7, 11) is 0. The predicted molar refractivity (Wildman–Crippen MR) is 75.5 cm³/mol. The molecule has 2 rings (SSSR count). The quantitative estimate of drug-likeness (QED) is 0.519. The van der Waals surface area contributed by atoms with Crippen LogP contribution in [0.15, 0.2) is 47.6 Å². The molecule has 5 heteroatoms. The second-order valence-electron chi connectivity index (χ2n) is 4.04. The molecule has 96 valence electrons. The van der Waals surface area contributed by atoms with Crippen LogP contribution in [-0.2, 0) is 0 Å². The largest absolute Gasteiger partial charge is 0.383 e. The minimum Gasteiger partial charge on any atom is -0.383 e. The van der Waals surface area contributed by atoms with Crippen molar-refractivity contribution in [3.8, 4) is 0 Å². The van der Waals surface area contributed by atoms with Gasteiger partial charge in [-0.2, -0.15) is 4.99 Å². The summed E-state index contributed by atoms with van der Waals surface area (Å²) in [4.78, 5) is 19.6. The number of pyridine rings is 1. The number of halogens is 1. The van der Waals surface area contributed by atoms with E-state index in [-0.39, 0.29) is 11.0 Å². The first kappa shape index (κ1) is 13.2. The zero-order valence-electron chi connectivity index (χ0n) is 10.3. The van der Waals surface area contributed by atoms with Gasteiger partial charge in [0.2, 0.25) is 0 Å². The van der Waals surface area contributed by atoms with Crippen LogP contribution in [0.5, 0.6) is 0 Å². The number of carbonyl (C=O) groups excluding carboxylic acids is 1. The molecule has 0 unspecified atom stereocenters. The fraction of sp³-hybridized carbons (Fsp3) is 0.0714. The number of nitrogens with two attached hydrogens (primary N) is 1. The van der Waals surface area contributed by atoms with E-state index in [0.29, 0.717) is 11.1 Å². The molecule has 0 saturated heterocycles. The standard InChI is InChI=1S/C14H12ClN3O/c1-9-3-2-4-10(7-9)13(16)18-14(19)11-5-6-17-12(15)8-11/h2-8H,1H3,(H2,16,18,19). The Bertz CT molecular complexity index is 653. The number of benzene rings is 1. The maximum absolute atomic E-state index is 11.9. The maximum atomic E-state index is 11.9. The lowest BCUT2D eigenvalue weighted by Crippen LogP contribution is -2.16. The number of aryl methyl sites for hydroxylation is 1. The second kappa shape index (κ2) is 5.63. The van der Waals surface area contributed by atoms with Crippen molar-refractivity contribution in [2.24, 2.45) is 10.7 Å². The van der Waals surface area contributed by atoms with Gasteiger partial charge in [-0.05, 0) is 25.1 Å². The Labute approximate surface area is 116 Å². The van der Waals surface area contributed by atoms with Crippen LogP contribution in [0.25, 0.3) is 0 Å². The van der Waals surface area contributed by atoms with Crippen LogP contribution >= 0.6 is 11.6 Å². The lowest BCUT2D eigenvalue weighted by atomic mass is 10.1. The van der Waals surface area contributed by atoms with Gasteiger partial charge in [0.05, 0.1) is 0 Å². The summed E-state index contributed by atoms with van der Waals surface area (Å²) < 4.78 is 0. The Balaban J connectivity index is 2.28. The van der Waals surface area contributed by atoms with Crippen molar-refractivity contribution in [3.63, 3.8) is 0 Å². The van der Waals surface area contributed by atoms with Gasteiger partial charge < -0.3 is 5.73 Å². The summed E-state index contributed by atoms with van der Waals surface area (Å²) in [5.41, 5.74) is 7.94. The SMILES string of the molecule is Cc1cccc(C(N)=NC(=O)c2ccnc(Cl)c2)c1. The molecule has 0 radical (unpaired) electrons. The van der Waals surface area contributed by atoms with Crippen LogP contribution in [0.1, 0.15) is 21.5 Å². The van der Waals surface area contributed by atoms with Crippen LogP contribution < -0.4 is 5.73 Å². The highest BCUT2D eigenvalue weighted by atomic mass is 35.5. The molecule has 1 aromatic heterocycles. The molecule has 0 bridgehead atoms. The Morgan fingerprint density at radius 2 is 2.05 bits per heavy atom. The van der Waals surface area contributed by atoms with E-state index in [1.807, 2.05) is 25.1 Å². The van der Waals surface area contributed by atoms with E-state index in [0.717, 1.165) is 5.56 Å². The Hall–Kier alpha value is -2.20. The molecule has 0 spiro atoms. The number of hydrogen-bond acceptors (Lipinski definition) is 2. The topological polar surface area (TPSA) is 68.3 Å². The first-order valence-electron chi connectivity index (χ1n) is 5.63. The van der Waals surface area contributed by atoms with E-state index in [2.05, 4.69) is 9.98 Å². The lowest BCUT2D eigenvalue weighted by Gasteiger charge is -2.02. The molecule has 2 N–H and O–H groups in total. The first-order chi connectivity index (χ1) is 9.06. The predicted octanol–water partition coefficient (Wildman–Crippen LogP) is 2.59. The van der Waals surface area contributed by atoms with Gasteiger partial charge in [-0.25, -0.2) is 4.98 Å². The van der Waals surface area contributed by atoms with Gasteiger partial charge in [0.1, 0.15) is 11.0 Å². The smallest absolute Gasteiger partial charge is 0.279 e. The number of amidine groups is 1. The minimum absolute atomic E-state index is 0.182. The molecule has 0 atom stereocenters. The van der Waals surface area contributed by atoms with Crippen molar-refractivity contribution >= 4 is 23.3 Å². The molecule has 0 fully saturated rings. The number of hydrogen-bond donors (Lipinski definition) is 1. The molecule has 0 saturated carbocycles. The molecule has 19 heavy (non-hydrogen) atoms. The van der Waals surface area contributed by atoms with Crippen LogP contribution in [0.3, 0.4) is 0 Å². The van der Waals surface area contributed by atoms with Crippen molar-refractivity contribution in [1.29, 1.82) is 0 Å². The van der Waals surface area contributed by atoms with E-state index in [1.54, 1.807) is 12.1 Å². The third-order valence-corrected chi connectivity index (χ3v) is 2.72. The molecule has 1 aromatic carbocycles. The summed E-state index contributed by atoms with van der Waals surface area (Å²) in [5, 5.41) is 0.246. The second-order valence-corrected chi connectivity index (χ2v) is 4.43.